The molecule has 0 unspecified atom stereocenters. The van der Waals surface area contributed by atoms with E-state index in [-0.39, 0.29) is 5.54 Å². The minimum absolute atomic E-state index is 0.280. The molecule has 3 heteroatoms. The zero-order valence-corrected chi connectivity index (χ0v) is 7.73. The van der Waals surface area contributed by atoms with Crippen molar-refractivity contribution in [1.29, 1.82) is 0 Å². The SMILES string of the molecule is CC1(NC2CCNCC2)COC1. The zero-order valence-electron chi connectivity index (χ0n) is 7.73. The molecular weight excluding hydrogens is 152 g/mol. The molecule has 0 aromatic rings. The molecule has 2 heterocycles. The fraction of sp³-hybridized carbons (Fsp3) is 1.00. The molecule has 0 saturated carbocycles. The summed E-state index contributed by atoms with van der Waals surface area (Å²) in [5, 5.41) is 7.03. The van der Waals surface area contributed by atoms with Crippen LogP contribution in [0.4, 0.5) is 0 Å². The lowest BCUT2D eigenvalue weighted by atomic mass is 9.96. The Morgan fingerprint density at radius 1 is 1.33 bits per heavy atom. The summed E-state index contributed by atoms with van der Waals surface area (Å²) in [6.07, 6.45) is 2.52. The number of rotatable bonds is 2. The highest BCUT2D eigenvalue weighted by Crippen LogP contribution is 2.18. The number of ether oxygens (including phenoxy) is 1. The quantitative estimate of drug-likeness (QED) is 0.617. The summed E-state index contributed by atoms with van der Waals surface area (Å²) in [6.45, 7) is 6.34. The van der Waals surface area contributed by atoms with E-state index < -0.39 is 0 Å². The molecule has 3 nitrogen and oxygen atoms in total. The second-order valence-electron chi connectivity index (χ2n) is 4.22. The highest BCUT2D eigenvalue weighted by molar-refractivity contribution is 4.93. The summed E-state index contributed by atoms with van der Waals surface area (Å²) in [4.78, 5) is 0. The van der Waals surface area contributed by atoms with Crippen molar-refractivity contribution >= 4 is 0 Å². The van der Waals surface area contributed by atoms with Crippen molar-refractivity contribution in [3.8, 4) is 0 Å². The maximum absolute atomic E-state index is 5.20. The van der Waals surface area contributed by atoms with E-state index in [2.05, 4.69) is 17.6 Å². The summed E-state index contributed by atoms with van der Waals surface area (Å²) >= 11 is 0. The molecule has 0 amide bonds. The number of nitrogens with one attached hydrogen (secondary N) is 2. The molecule has 0 aromatic heterocycles. The molecular formula is C9H18N2O. The molecule has 2 rings (SSSR count). The summed E-state index contributed by atoms with van der Waals surface area (Å²) in [5.74, 6) is 0. The van der Waals surface area contributed by atoms with Crippen molar-refractivity contribution in [3.05, 3.63) is 0 Å². The Labute approximate surface area is 73.9 Å². The zero-order chi connectivity index (χ0) is 8.44. The molecule has 0 atom stereocenters. The van der Waals surface area contributed by atoms with Gasteiger partial charge in [0.25, 0.3) is 0 Å². The first-order valence-electron chi connectivity index (χ1n) is 4.85. The predicted octanol–water partition coefficient (Wildman–Crippen LogP) is 0.117. The van der Waals surface area contributed by atoms with Crippen molar-refractivity contribution in [1.82, 2.24) is 10.6 Å². The fourth-order valence-electron chi connectivity index (χ4n) is 1.95. The average Bonchev–Trinajstić information content (AvgIpc) is 2.04. The number of hydrogen-bond donors (Lipinski definition) is 2. The molecule has 2 N–H and O–H groups in total. The Morgan fingerprint density at radius 2 is 2.00 bits per heavy atom. The van der Waals surface area contributed by atoms with E-state index in [1.807, 2.05) is 0 Å². The van der Waals surface area contributed by atoms with Crippen LogP contribution in [0.25, 0.3) is 0 Å². The molecule has 0 aliphatic carbocycles. The number of hydrogen-bond acceptors (Lipinski definition) is 3. The van der Waals surface area contributed by atoms with Gasteiger partial charge in [0.2, 0.25) is 0 Å². The Hall–Kier alpha value is -0.120. The van der Waals surface area contributed by atoms with E-state index in [1.54, 1.807) is 0 Å². The second-order valence-corrected chi connectivity index (χ2v) is 4.22. The monoisotopic (exact) mass is 170 g/mol. The maximum Gasteiger partial charge on any atom is 0.0669 e. The molecule has 0 radical (unpaired) electrons. The third-order valence-corrected chi connectivity index (χ3v) is 2.73. The summed E-state index contributed by atoms with van der Waals surface area (Å²) in [7, 11) is 0. The molecule has 0 aromatic carbocycles. The molecule has 12 heavy (non-hydrogen) atoms. The Balaban J connectivity index is 1.77. The normalized spacial score (nSPS) is 29.8. The maximum atomic E-state index is 5.20. The Bertz CT molecular complexity index is 151. The molecule has 2 fully saturated rings. The van der Waals surface area contributed by atoms with E-state index in [1.165, 1.54) is 12.8 Å². The van der Waals surface area contributed by atoms with Gasteiger partial charge in [0.1, 0.15) is 0 Å². The van der Waals surface area contributed by atoms with Crippen LogP contribution in [0.15, 0.2) is 0 Å². The fourth-order valence-corrected chi connectivity index (χ4v) is 1.95. The largest absolute Gasteiger partial charge is 0.377 e. The Morgan fingerprint density at radius 3 is 2.50 bits per heavy atom. The lowest BCUT2D eigenvalue weighted by Gasteiger charge is -2.42. The van der Waals surface area contributed by atoms with Crippen LogP contribution in [0.2, 0.25) is 0 Å². The lowest BCUT2D eigenvalue weighted by molar-refractivity contribution is -0.0706. The van der Waals surface area contributed by atoms with Crippen LogP contribution in [0.1, 0.15) is 19.8 Å². The van der Waals surface area contributed by atoms with Crippen molar-refractivity contribution in [2.45, 2.75) is 31.3 Å². The molecule has 0 bridgehead atoms. The van der Waals surface area contributed by atoms with Crippen LogP contribution in [-0.4, -0.2) is 37.9 Å². The third-order valence-electron chi connectivity index (χ3n) is 2.73. The Kier molecular flexibility index (Phi) is 2.35. The van der Waals surface area contributed by atoms with Crippen LogP contribution >= 0.6 is 0 Å². The van der Waals surface area contributed by atoms with Crippen molar-refractivity contribution < 1.29 is 4.74 Å². The van der Waals surface area contributed by atoms with Crippen molar-refractivity contribution in [2.24, 2.45) is 0 Å². The van der Waals surface area contributed by atoms with Gasteiger partial charge in [-0.3, -0.25) is 0 Å². The van der Waals surface area contributed by atoms with Gasteiger partial charge in [-0.15, -0.1) is 0 Å². The highest BCUT2D eigenvalue weighted by atomic mass is 16.5. The molecule has 2 saturated heterocycles. The van der Waals surface area contributed by atoms with Crippen molar-refractivity contribution in [3.63, 3.8) is 0 Å². The first kappa shape index (κ1) is 8.48. The van der Waals surface area contributed by atoms with Gasteiger partial charge >= 0.3 is 0 Å². The minimum Gasteiger partial charge on any atom is -0.377 e. The van der Waals surface area contributed by atoms with Crippen LogP contribution in [0.5, 0.6) is 0 Å². The van der Waals surface area contributed by atoms with Crippen molar-refractivity contribution in [2.75, 3.05) is 26.3 Å². The first-order valence-corrected chi connectivity index (χ1v) is 4.85. The van der Waals surface area contributed by atoms with Gasteiger partial charge in [0, 0.05) is 6.04 Å². The van der Waals surface area contributed by atoms with Gasteiger partial charge in [-0.1, -0.05) is 0 Å². The van der Waals surface area contributed by atoms with Crippen LogP contribution in [0.3, 0.4) is 0 Å². The average molecular weight is 170 g/mol. The van der Waals surface area contributed by atoms with Gasteiger partial charge in [0.15, 0.2) is 0 Å². The van der Waals surface area contributed by atoms with Gasteiger partial charge in [-0.05, 0) is 32.9 Å². The summed E-state index contributed by atoms with van der Waals surface area (Å²) in [6, 6.07) is 0.708. The van der Waals surface area contributed by atoms with Crippen LogP contribution < -0.4 is 10.6 Å². The molecule has 70 valence electrons. The van der Waals surface area contributed by atoms with Gasteiger partial charge in [0.05, 0.1) is 18.8 Å². The van der Waals surface area contributed by atoms with Gasteiger partial charge < -0.3 is 15.4 Å². The van der Waals surface area contributed by atoms with Crippen LogP contribution in [-0.2, 0) is 4.74 Å². The number of piperidine rings is 1. The summed E-state index contributed by atoms with van der Waals surface area (Å²) < 4.78 is 5.20. The molecule has 2 aliphatic rings. The smallest absolute Gasteiger partial charge is 0.0669 e. The molecule has 2 aliphatic heterocycles. The van der Waals surface area contributed by atoms with E-state index in [0.717, 1.165) is 26.3 Å². The van der Waals surface area contributed by atoms with E-state index in [4.69, 9.17) is 4.74 Å². The minimum atomic E-state index is 0.280. The first-order chi connectivity index (χ1) is 5.79. The van der Waals surface area contributed by atoms with Gasteiger partial charge in [-0.25, -0.2) is 0 Å². The van der Waals surface area contributed by atoms with E-state index >= 15 is 0 Å². The molecule has 0 spiro atoms. The topological polar surface area (TPSA) is 33.3 Å². The van der Waals surface area contributed by atoms with Crippen LogP contribution in [0, 0.1) is 0 Å². The summed E-state index contributed by atoms with van der Waals surface area (Å²) in [5.41, 5.74) is 0.280. The second kappa shape index (κ2) is 3.32. The van der Waals surface area contributed by atoms with E-state index in [0.29, 0.717) is 6.04 Å². The van der Waals surface area contributed by atoms with Gasteiger partial charge in [-0.2, -0.15) is 0 Å². The lowest BCUT2D eigenvalue weighted by Crippen LogP contribution is -2.62. The standard InChI is InChI=1S/C9H18N2O/c1-9(6-12-7-9)11-8-2-4-10-5-3-8/h8,10-11H,2-7H2,1H3. The predicted molar refractivity (Wildman–Crippen MR) is 48.3 cm³/mol. The van der Waals surface area contributed by atoms with E-state index in [9.17, 15) is 0 Å². The third kappa shape index (κ3) is 1.79. The highest BCUT2D eigenvalue weighted by Gasteiger charge is 2.35.